The van der Waals surface area contributed by atoms with Crippen LogP contribution in [0.5, 0.6) is 5.75 Å². The Morgan fingerprint density at radius 1 is 0.982 bits per heavy atom. The average Bonchev–Trinajstić information content (AvgIpc) is 3.90. The van der Waals surface area contributed by atoms with Crippen molar-refractivity contribution in [3.63, 3.8) is 0 Å². The van der Waals surface area contributed by atoms with Gasteiger partial charge in [0, 0.05) is 37.0 Å². The van der Waals surface area contributed by atoms with Gasteiger partial charge in [-0.3, -0.25) is 33.8 Å². The molecular weight excluding hydrogens is 720 g/mol. The molecule has 302 valence electrons. The van der Waals surface area contributed by atoms with E-state index in [-0.39, 0.29) is 37.0 Å². The molecule has 0 bridgehead atoms. The first kappa shape index (κ1) is 41.7. The van der Waals surface area contributed by atoms with Gasteiger partial charge >= 0.3 is 0 Å². The lowest BCUT2D eigenvalue weighted by atomic mass is 9.82. The van der Waals surface area contributed by atoms with E-state index in [1.807, 2.05) is 6.92 Å². The van der Waals surface area contributed by atoms with Crippen molar-refractivity contribution >= 4 is 47.7 Å². The van der Waals surface area contributed by atoms with Crippen LogP contribution in [0.2, 0.25) is 0 Å². The van der Waals surface area contributed by atoms with Crippen molar-refractivity contribution in [3.8, 4) is 5.75 Å². The molecule has 2 saturated carbocycles. The molecule has 2 aromatic rings. The number of hydrogen-bond donors (Lipinski definition) is 4. The number of amides is 5. The van der Waals surface area contributed by atoms with Crippen molar-refractivity contribution in [1.82, 2.24) is 36.1 Å². The molecule has 1 aromatic heterocycles. The molecular formula is C40H54N8O8. The van der Waals surface area contributed by atoms with Crippen LogP contribution in [-0.2, 0) is 24.0 Å². The van der Waals surface area contributed by atoms with Crippen LogP contribution in [0.25, 0.3) is 0 Å². The maximum absolute atomic E-state index is 14.8. The lowest BCUT2D eigenvalue weighted by Crippen LogP contribution is -2.62. The molecule has 4 N–H and O–H groups in total. The highest BCUT2D eigenvalue weighted by Crippen LogP contribution is 2.31. The third kappa shape index (κ3) is 10.9. The summed E-state index contributed by atoms with van der Waals surface area (Å²) in [5.74, 6) is -3.61. The largest absolute Gasteiger partial charge is 0.619 e. The fraction of sp³-hybridized carbons (Fsp3) is 0.575. The van der Waals surface area contributed by atoms with Crippen LogP contribution in [0.3, 0.4) is 0 Å². The zero-order chi connectivity index (χ0) is 40.6. The van der Waals surface area contributed by atoms with Gasteiger partial charge in [-0.2, -0.15) is 4.74 Å². The van der Waals surface area contributed by atoms with Gasteiger partial charge in [-0.15, -0.1) is 0 Å². The second-order valence-electron chi connectivity index (χ2n) is 16.1. The summed E-state index contributed by atoms with van der Waals surface area (Å²) in [6.07, 6.45) is 9.99. The molecule has 1 aliphatic heterocycles. The van der Waals surface area contributed by atoms with Gasteiger partial charge in [0.05, 0.1) is 18.8 Å². The Morgan fingerprint density at radius 3 is 2.27 bits per heavy atom. The third-order valence-electron chi connectivity index (χ3n) is 10.5. The summed E-state index contributed by atoms with van der Waals surface area (Å²) in [5.41, 5.74) is -0.509. The normalized spacial score (nSPS) is 20.2. The molecule has 2 aliphatic carbocycles. The molecule has 0 unspecified atom stereocenters. The number of benzene rings is 1. The summed E-state index contributed by atoms with van der Waals surface area (Å²) in [7, 11) is 0. The van der Waals surface area contributed by atoms with E-state index in [0.29, 0.717) is 35.4 Å². The molecule has 3 aliphatic rings. The first-order chi connectivity index (χ1) is 26.7. The van der Waals surface area contributed by atoms with Crippen LogP contribution in [0.15, 0.2) is 42.9 Å². The van der Waals surface area contributed by atoms with Gasteiger partial charge < -0.3 is 36.1 Å². The number of rotatable bonds is 16. The number of ether oxygens (including phenoxy) is 1. The van der Waals surface area contributed by atoms with Crippen molar-refractivity contribution < 1.29 is 38.2 Å². The monoisotopic (exact) mass is 774 g/mol. The number of ketones is 1. The Morgan fingerprint density at radius 2 is 1.68 bits per heavy atom. The molecule has 1 saturated heterocycles. The molecule has 3 fully saturated rings. The van der Waals surface area contributed by atoms with Crippen LogP contribution in [-0.4, -0.2) is 105 Å². The standard InChI is InChI=1S/C40H54N8O8/c1-6-10-29(33(49)38(53)43-25-13-14-25)44-36(51)31-21-28(56-27-17-15-26(16-18-27)47(5)55)23-48(31)39(54)34(40(2,3)4)46-37(52)32(24-11-8-7-9-12-24)45-35(50)30-22-41-19-20-42-30/h15-20,22,24-25,28-29,31-32,34H,5-14,21,23H2,1-4H3,(H,43,53)(H,44,51)(H,45,50)(H,46,52)/t28-,29+,31+,32+,34-/m1/s1. The summed E-state index contributed by atoms with van der Waals surface area (Å²) >= 11 is 0. The Labute approximate surface area is 327 Å². The van der Waals surface area contributed by atoms with Gasteiger partial charge in [-0.1, -0.05) is 53.4 Å². The van der Waals surface area contributed by atoms with Crippen molar-refractivity contribution in [2.75, 3.05) is 6.54 Å². The van der Waals surface area contributed by atoms with Gasteiger partial charge in [0.25, 0.3) is 11.8 Å². The number of nitrogens with zero attached hydrogens (tertiary/aromatic N) is 4. The van der Waals surface area contributed by atoms with Crippen molar-refractivity contribution in [3.05, 3.63) is 53.8 Å². The Balaban J connectivity index is 1.40. The number of carbonyl (C=O) groups excluding carboxylic acids is 6. The molecule has 5 amide bonds. The van der Waals surface area contributed by atoms with Crippen LogP contribution < -0.4 is 26.0 Å². The summed E-state index contributed by atoms with van der Waals surface area (Å²) in [6.45, 7) is 10.5. The van der Waals surface area contributed by atoms with Crippen LogP contribution >= 0.6 is 0 Å². The van der Waals surface area contributed by atoms with Crippen LogP contribution in [0.4, 0.5) is 5.69 Å². The molecule has 5 atom stereocenters. The molecule has 0 spiro atoms. The molecule has 0 radical (unpaired) electrons. The van der Waals surface area contributed by atoms with Gasteiger partial charge in [-0.05, 0) is 55.6 Å². The quantitative estimate of drug-likeness (QED) is 0.0643. The summed E-state index contributed by atoms with van der Waals surface area (Å²) in [4.78, 5) is 91.8. The first-order valence-electron chi connectivity index (χ1n) is 19.5. The van der Waals surface area contributed by atoms with E-state index < -0.39 is 71.0 Å². The number of aromatic nitrogens is 2. The van der Waals surface area contributed by atoms with Crippen molar-refractivity contribution in [2.24, 2.45) is 11.3 Å². The second kappa shape index (κ2) is 18.5. The minimum Gasteiger partial charge on any atom is -0.619 e. The summed E-state index contributed by atoms with van der Waals surface area (Å²) in [5, 5.41) is 22.9. The average molecular weight is 775 g/mol. The molecule has 2 heterocycles. The van der Waals surface area contributed by atoms with Crippen molar-refractivity contribution in [2.45, 2.75) is 128 Å². The van der Waals surface area contributed by atoms with E-state index >= 15 is 0 Å². The summed E-state index contributed by atoms with van der Waals surface area (Å²) < 4.78 is 6.68. The van der Waals surface area contributed by atoms with Gasteiger partial charge in [0.2, 0.25) is 29.2 Å². The number of carbonyl (C=O) groups is 6. The molecule has 1 aromatic carbocycles. The van der Waals surface area contributed by atoms with E-state index in [1.165, 1.54) is 35.6 Å². The highest BCUT2D eigenvalue weighted by Gasteiger charge is 2.47. The number of Topliss-reactive ketones (excluding diaryl/α,β-unsaturated/α-hetero) is 1. The fourth-order valence-electron chi connectivity index (χ4n) is 7.27. The zero-order valence-corrected chi connectivity index (χ0v) is 32.6. The number of likely N-dealkylation sites (tertiary alicyclic amines) is 1. The lowest BCUT2D eigenvalue weighted by molar-refractivity contribution is -0.349. The second-order valence-corrected chi connectivity index (χ2v) is 16.1. The maximum Gasteiger partial charge on any atom is 0.289 e. The van der Waals surface area contributed by atoms with Crippen LogP contribution in [0.1, 0.15) is 102 Å². The minimum atomic E-state index is -1.15. The highest BCUT2D eigenvalue weighted by atomic mass is 16.5. The van der Waals surface area contributed by atoms with E-state index in [0.717, 1.165) is 32.1 Å². The smallest absolute Gasteiger partial charge is 0.289 e. The summed E-state index contributed by atoms with van der Waals surface area (Å²) in [6, 6.07) is 1.81. The fourth-order valence-corrected chi connectivity index (χ4v) is 7.27. The number of nitrogens with one attached hydrogen (secondary N) is 4. The van der Waals surface area contributed by atoms with E-state index in [1.54, 1.807) is 32.9 Å². The lowest BCUT2D eigenvalue weighted by Gasteiger charge is -2.37. The van der Waals surface area contributed by atoms with Gasteiger partial charge in [-0.25, -0.2) is 4.98 Å². The Kier molecular flexibility index (Phi) is 13.8. The van der Waals surface area contributed by atoms with E-state index in [2.05, 4.69) is 38.0 Å². The SMILES string of the molecule is C=[N+]([O-])c1ccc(O[C@@H]2C[C@@H](C(=O)N[C@@H](CCC)C(=O)C(=O)NC3CC3)N(C(=O)[C@@H](NC(=O)[C@@H](NC(=O)c3cnccn3)C3CCCCC3)C(C)(C)C)C2)cc1. The van der Waals surface area contributed by atoms with Crippen molar-refractivity contribution in [1.29, 1.82) is 0 Å². The number of hydrogen-bond acceptors (Lipinski definition) is 10. The Hall–Kier alpha value is -5.41. The van der Waals surface area contributed by atoms with E-state index in [9.17, 15) is 34.0 Å². The Bertz CT molecular complexity index is 1760. The highest BCUT2D eigenvalue weighted by molar-refractivity contribution is 6.38. The minimum absolute atomic E-state index is 0.0350. The van der Waals surface area contributed by atoms with Gasteiger partial charge in [0.15, 0.2) is 0 Å². The molecule has 16 nitrogen and oxygen atoms in total. The van der Waals surface area contributed by atoms with E-state index in [4.69, 9.17) is 4.74 Å². The third-order valence-corrected chi connectivity index (χ3v) is 10.5. The maximum atomic E-state index is 14.8. The molecule has 16 heteroatoms. The van der Waals surface area contributed by atoms with Crippen LogP contribution in [0, 0.1) is 16.5 Å². The zero-order valence-electron chi connectivity index (χ0n) is 32.6. The van der Waals surface area contributed by atoms with Gasteiger partial charge in [0.1, 0.15) is 42.4 Å². The topological polar surface area (TPSA) is 215 Å². The molecule has 5 rings (SSSR count). The molecule has 56 heavy (non-hydrogen) atoms. The first-order valence-corrected chi connectivity index (χ1v) is 19.5. The predicted molar refractivity (Wildman–Crippen MR) is 206 cm³/mol. The predicted octanol–water partition coefficient (Wildman–Crippen LogP) is 2.71.